The minimum Gasteiger partial charge on any atom is -0.423 e. The first-order chi connectivity index (χ1) is 8.15. The molecule has 0 spiro atoms. The van der Waals surface area contributed by atoms with E-state index in [-0.39, 0.29) is 11.6 Å². The molecular formula is C12H16BFO3. The highest BCUT2D eigenvalue weighted by Gasteiger charge is 2.17. The van der Waals surface area contributed by atoms with Crippen molar-refractivity contribution >= 4 is 12.6 Å². The summed E-state index contributed by atoms with van der Waals surface area (Å²) in [5, 5.41) is 18.0. The number of ether oxygens (including phenoxy) is 1. The Hall–Kier alpha value is -0.905. The Morgan fingerprint density at radius 2 is 1.94 bits per heavy atom. The summed E-state index contributed by atoms with van der Waals surface area (Å²) in [5.41, 5.74) is 0.801. The molecule has 17 heavy (non-hydrogen) atoms. The minimum atomic E-state index is -1.64. The van der Waals surface area contributed by atoms with Crippen LogP contribution in [-0.4, -0.2) is 23.3 Å². The third kappa shape index (κ3) is 3.53. The third-order valence-corrected chi connectivity index (χ3v) is 3.07. The third-order valence-electron chi connectivity index (χ3n) is 3.07. The summed E-state index contributed by atoms with van der Waals surface area (Å²) in [6, 6.07) is 4.03. The predicted molar refractivity (Wildman–Crippen MR) is 63.3 cm³/mol. The van der Waals surface area contributed by atoms with Crippen LogP contribution in [0.5, 0.6) is 0 Å². The standard InChI is InChI=1S/C12H16BFO3/c14-11-6-9(5-10(7-11)13(15)16)8-17-12-3-1-2-4-12/h5-7,12,15-16H,1-4,8H2. The van der Waals surface area contributed by atoms with Gasteiger partial charge in [-0.3, -0.25) is 0 Å². The molecule has 5 heteroatoms. The van der Waals surface area contributed by atoms with Gasteiger partial charge in [-0.15, -0.1) is 0 Å². The molecule has 0 heterocycles. The van der Waals surface area contributed by atoms with Gasteiger partial charge in [0.2, 0.25) is 0 Å². The van der Waals surface area contributed by atoms with Crippen molar-refractivity contribution in [3.8, 4) is 0 Å². The molecule has 0 amide bonds. The van der Waals surface area contributed by atoms with Crippen LogP contribution in [0.3, 0.4) is 0 Å². The first-order valence-electron chi connectivity index (χ1n) is 5.92. The first kappa shape index (κ1) is 12.5. The number of rotatable bonds is 4. The zero-order valence-corrected chi connectivity index (χ0v) is 9.60. The molecule has 1 aliphatic carbocycles. The Morgan fingerprint density at radius 1 is 1.24 bits per heavy atom. The Labute approximate surface area is 100 Å². The van der Waals surface area contributed by atoms with Gasteiger partial charge in [0.1, 0.15) is 5.82 Å². The minimum absolute atomic E-state index is 0.162. The topological polar surface area (TPSA) is 49.7 Å². The number of benzene rings is 1. The molecule has 0 aliphatic heterocycles. The Balaban J connectivity index is 1.99. The average molecular weight is 238 g/mol. The highest BCUT2D eigenvalue weighted by Crippen LogP contribution is 2.22. The molecule has 1 aromatic rings. The fourth-order valence-corrected chi connectivity index (χ4v) is 2.18. The van der Waals surface area contributed by atoms with Crippen molar-refractivity contribution in [2.75, 3.05) is 0 Å². The van der Waals surface area contributed by atoms with Crippen LogP contribution in [-0.2, 0) is 11.3 Å². The number of hydrogen-bond donors (Lipinski definition) is 2. The van der Waals surface area contributed by atoms with Crippen LogP contribution in [0.15, 0.2) is 18.2 Å². The highest BCUT2D eigenvalue weighted by atomic mass is 19.1. The fourth-order valence-electron chi connectivity index (χ4n) is 2.18. The number of halogens is 1. The van der Waals surface area contributed by atoms with Crippen molar-refractivity contribution < 1.29 is 19.2 Å². The number of hydrogen-bond acceptors (Lipinski definition) is 3. The lowest BCUT2D eigenvalue weighted by Crippen LogP contribution is -2.30. The Morgan fingerprint density at radius 3 is 2.59 bits per heavy atom. The van der Waals surface area contributed by atoms with Gasteiger partial charge in [-0.25, -0.2) is 4.39 Å². The van der Waals surface area contributed by atoms with E-state index >= 15 is 0 Å². The van der Waals surface area contributed by atoms with E-state index in [1.807, 2.05) is 0 Å². The molecule has 1 aliphatic rings. The molecule has 1 saturated carbocycles. The van der Waals surface area contributed by atoms with E-state index in [2.05, 4.69) is 0 Å². The van der Waals surface area contributed by atoms with E-state index in [4.69, 9.17) is 14.8 Å². The van der Waals surface area contributed by atoms with Crippen LogP contribution in [0.1, 0.15) is 31.2 Å². The maximum atomic E-state index is 13.2. The van der Waals surface area contributed by atoms with Crippen molar-refractivity contribution in [1.29, 1.82) is 0 Å². The molecule has 3 nitrogen and oxygen atoms in total. The summed E-state index contributed by atoms with van der Waals surface area (Å²) < 4.78 is 18.9. The van der Waals surface area contributed by atoms with Gasteiger partial charge >= 0.3 is 7.12 Å². The lowest BCUT2D eigenvalue weighted by Gasteiger charge is -2.12. The smallest absolute Gasteiger partial charge is 0.423 e. The zero-order chi connectivity index (χ0) is 12.3. The molecular weight excluding hydrogens is 222 g/mol. The van der Waals surface area contributed by atoms with Crippen LogP contribution < -0.4 is 5.46 Å². The van der Waals surface area contributed by atoms with E-state index < -0.39 is 12.9 Å². The van der Waals surface area contributed by atoms with Crippen molar-refractivity contribution in [3.63, 3.8) is 0 Å². The van der Waals surface area contributed by atoms with Crippen LogP contribution in [0.2, 0.25) is 0 Å². The summed E-state index contributed by atoms with van der Waals surface area (Å²) >= 11 is 0. The second kappa shape index (κ2) is 5.62. The van der Waals surface area contributed by atoms with Crippen molar-refractivity contribution in [2.45, 2.75) is 38.4 Å². The second-order valence-corrected chi connectivity index (χ2v) is 4.48. The van der Waals surface area contributed by atoms with Crippen LogP contribution in [0, 0.1) is 5.82 Å². The van der Waals surface area contributed by atoms with E-state index in [9.17, 15) is 4.39 Å². The lowest BCUT2D eigenvalue weighted by molar-refractivity contribution is 0.0456. The van der Waals surface area contributed by atoms with E-state index in [0.717, 1.165) is 18.9 Å². The van der Waals surface area contributed by atoms with Crippen molar-refractivity contribution in [1.82, 2.24) is 0 Å². The maximum absolute atomic E-state index is 13.2. The van der Waals surface area contributed by atoms with Crippen LogP contribution in [0.4, 0.5) is 4.39 Å². The summed E-state index contributed by atoms with van der Waals surface area (Å²) in [6.07, 6.45) is 4.76. The van der Waals surface area contributed by atoms with Gasteiger partial charge in [0, 0.05) is 0 Å². The molecule has 0 bridgehead atoms. The normalized spacial score (nSPS) is 16.4. The molecule has 0 radical (unpaired) electrons. The van der Waals surface area contributed by atoms with Gasteiger partial charge in [0.25, 0.3) is 0 Å². The molecule has 0 atom stereocenters. The largest absolute Gasteiger partial charge is 0.488 e. The molecule has 92 valence electrons. The molecule has 1 aromatic carbocycles. The quantitative estimate of drug-likeness (QED) is 0.768. The fraction of sp³-hybridized carbons (Fsp3) is 0.500. The van der Waals surface area contributed by atoms with Crippen molar-refractivity contribution in [3.05, 3.63) is 29.6 Å². The first-order valence-corrected chi connectivity index (χ1v) is 5.92. The lowest BCUT2D eigenvalue weighted by atomic mass is 9.79. The van der Waals surface area contributed by atoms with Crippen molar-refractivity contribution in [2.24, 2.45) is 0 Å². The molecule has 0 unspecified atom stereocenters. The van der Waals surface area contributed by atoms with Gasteiger partial charge in [-0.1, -0.05) is 18.9 Å². The molecule has 1 fully saturated rings. The molecule has 0 saturated heterocycles. The van der Waals surface area contributed by atoms with Gasteiger partial charge < -0.3 is 14.8 Å². The molecule has 2 rings (SSSR count). The predicted octanol–water partition coefficient (Wildman–Crippen LogP) is 0.965. The highest BCUT2D eigenvalue weighted by molar-refractivity contribution is 6.58. The SMILES string of the molecule is OB(O)c1cc(F)cc(COC2CCCC2)c1. The maximum Gasteiger partial charge on any atom is 0.488 e. The summed E-state index contributed by atoms with van der Waals surface area (Å²) in [5.74, 6) is -0.472. The van der Waals surface area contributed by atoms with Gasteiger partial charge in [-0.2, -0.15) is 0 Å². The second-order valence-electron chi connectivity index (χ2n) is 4.48. The van der Waals surface area contributed by atoms with Gasteiger partial charge in [0.15, 0.2) is 0 Å². The zero-order valence-electron chi connectivity index (χ0n) is 9.60. The van der Waals surface area contributed by atoms with Gasteiger partial charge in [0.05, 0.1) is 12.7 Å². The Kier molecular flexibility index (Phi) is 4.15. The van der Waals surface area contributed by atoms with Crippen LogP contribution in [0.25, 0.3) is 0 Å². The summed E-state index contributed by atoms with van der Waals surface area (Å²) in [7, 11) is -1.64. The van der Waals surface area contributed by atoms with E-state index in [0.29, 0.717) is 12.2 Å². The van der Waals surface area contributed by atoms with E-state index in [1.165, 1.54) is 18.9 Å². The monoisotopic (exact) mass is 238 g/mol. The Bertz CT molecular complexity index is 378. The molecule has 2 N–H and O–H groups in total. The van der Waals surface area contributed by atoms with Gasteiger partial charge in [-0.05, 0) is 36.0 Å². The van der Waals surface area contributed by atoms with Crippen LogP contribution >= 0.6 is 0 Å². The summed E-state index contributed by atoms with van der Waals surface area (Å²) in [4.78, 5) is 0. The molecule has 0 aromatic heterocycles. The average Bonchev–Trinajstić information content (AvgIpc) is 2.78. The summed E-state index contributed by atoms with van der Waals surface area (Å²) in [6.45, 7) is 0.322. The van der Waals surface area contributed by atoms with E-state index in [1.54, 1.807) is 6.07 Å².